The Bertz CT molecular complexity index is 903. The highest BCUT2D eigenvalue weighted by molar-refractivity contribution is 7.13. The number of carbonyl (C=O) groups is 1. The molecular weight excluding hydrogens is 372 g/mol. The third kappa shape index (κ3) is 4.14. The quantitative estimate of drug-likeness (QED) is 0.707. The van der Waals surface area contributed by atoms with E-state index in [4.69, 9.17) is 4.74 Å². The van der Waals surface area contributed by atoms with Gasteiger partial charge in [0.15, 0.2) is 5.82 Å². The smallest absolute Gasteiger partial charge is 0.227 e. The predicted molar refractivity (Wildman–Crippen MR) is 112 cm³/mol. The summed E-state index contributed by atoms with van der Waals surface area (Å²) in [5.41, 5.74) is 1.69. The number of nitrogens with one attached hydrogen (secondary N) is 1. The third-order valence-electron chi connectivity index (χ3n) is 4.97. The number of carbonyl (C=O) groups excluding carboxylic acids is 1. The predicted octanol–water partition coefficient (Wildman–Crippen LogP) is 4.07. The van der Waals surface area contributed by atoms with Gasteiger partial charge in [0.05, 0.1) is 12.0 Å². The molecule has 0 aliphatic carbocycles. The van der Waals surface area contributed by atoms with Crippen LogP contribution in [-0.2, 0) is 4.79 Å². The number of nitrogens with zero attached hydrogens (tertiary/aromatic N) is 3. The highest BCUT2D eigenvalue weighted by atomic mass is 32.1. The number of aromatic nitrogens is 2. The Morgan fingerprint density at radius 1 is 1.11 bits per heavy atom. The molecule has 2 aromatic heterocycles. The molecule has 144 valence electrons. The molecule has 1 amide bonds. The van der Waals surface area contributed by atoms with Crippen molar-refractivity contribution in [2.75, 3.05) is 30.4 Å². The number of amides is 1. The number of thiophene rings is 1. The first-order valence-corrected chi connectivity index (χ1v) is 10.2. The summed E-state index contributed by atoms with van der Waals surface area (Å²) in [6, 6.07) is 15.5. The van der Waals surface area contributed by atoms with Crippen LogP contribution in [0.3, 0.4) is 0 Å². The molecule has 7 heteroatoms. The van der Waals surface area contributed by atoms with Gasteiger partial charge in [-0.05, 0) is 60.7 Å². The maximum absolute atomic E-state index is 12.6. The van der Waals surface area contributed by atoms with Crippen molar-refractivity contribution in [2.45, 2.75) is 12.8 Å². The molecule has 1 fully saturated rings. The van der Waals surface area contributed by atoms with Gasteiger partial charge in [0, 0.05) is 24.7 Å². The van der Waals surface area contributed by atoms with Gasteiger partial charge in [-0.3, -0.25) is 4.79 Å². The van der Waals surface area contributed by atoms with Crippen LogP contribution in [0.5, 0.6) is 5.75 Å². The van der Waals surface area contributed by atoms with Crippen molar-refractivity contribution < 1.29 is 9.53 Å². The zero-order chi connectivity index (χ0) is 19.3. The van der Waals surface area contributed by atoms with Crippen LogP contribution >= 0.6 is 11.3 Å². The molecule has 1 aliphatic rings. The van der Waals surface area contributed by atoms with Crippen LogP contribution in [0.25, 0.3) is 10.6 Å². The summed E-state index contributed by atoms with van der Waals surface area (Å²) < 4.78 is 5.14. The molecule has 1 N–H and O–H groups in total. The molecular formula is C21H22N4O2S. The summed E-state index contributed by atoms with van der Waals surface area (Å²) in [5, 5.41) is 13.8. The Balaban J connectivity index is 1.31. The van der Waals surface area contributed by atoms with Crippen LogP contribution in [0, 0.1) is 5.92 Å². The van der Waals surface area contributed by atoms with Gasteiger partial charge in [-0.1, -0.05) is 6.07 Å². The first kappa shape index (κ1) is 18.4. The summed E-state index contributed by atoms with van der Waals surface area (Å²) in [6.07, 6.45) is 1.60. The van der Waals surface area contributed by atoms with Crippen LogP contribution in [0.4, 0.5) is 11.5 Å². The lowest BCUT2D eigenvalue weighted by molar-refractivity contribution is -0.120. The summed E-state index contributed by atoms with van der Waals surface area (Å²) in [4.78, 5) is 15.9. The second kappa shape index (κ2) is 8.39. The van der Waals surface area contributed by atoms with Gasteiger partial charge in [0.2, 0.25) is 5.91 Å². The molecule has 3 heterocycles. The minimum atomic E-state index is 0.0108. The molecule has 1 saturated heterocycles. The monoisotopic (exact) mass is 394 g/mol. The fraction of sp³-hybridized carbons (Fsp3) is 0.286. The minimum absolute atomic E-state index is 0.0108. The zero-order valence-electron chi connectivity index (χ0n) is 15.7. The SMILES string of the molecule is COc1ccc(NC(=O)C2CCN(c3ccc(-c4cccs4)nn3)CC2)cc1. The summed E-state index contributed by atoms with van der Waals surface area (Å²) in [5.74, 6) is 1.73. The van der Waals surface area contributed by atoms with Crippen molar-refractivity contribution >= 4 is 28.7 Å². The van der Waals surface area contributed by atoms with Gasteiger partial charge in [0.1, 0.15) is 11.4 Å². The molecule has 3 aromatic rings. The van der Waals surface area contributed by atoms with Gasteiger partial charge < -0.3 is 15.0 Å². The van der Waals surface area contributed by atoms with Gasteiger partial charge in [-0.15, -0.1) is 21.5 Å². The van der Waals surface area contributed by atoms with E-state index in [9.17, 15) is 4.79 Å². The van der Waals surface area contributed by atoms with E-state index >= 15 is 0 Å². The fourth-order valence-electron chi connectivity index (χ4n) is 3.34. The van der Waals surface area contributed by atoms with Gasteiger partial charge in [0.25, 0.3) is 0 Å². The lowest BCUT2D eigenvalue weighted by Gasteiger charge is -2.31. The normalized spacial score (nSPS) is 14.7. The summed E-state index contributed by atoms with van der Waals surface area (Å²) >= 11 is 1.66. The molecule has 0 unspecified atom stereocenters. The first-order chi connectivity index (χ1) is 13.7. The molecule has 0 saturated carbocycles. The van der Waals surface area contributed by atoms with E-state index in [1.165, 1.54) is 0 Å². The minimum Gasteiger partial charge on any atom is -0.497 e. The van der Waals surface area contributed by atoms with E-state index < -0.39 is 0 Å². The fourth-order valence-corrected chi connectivity index (χ4v) is 4.03. The zero-order valence-corrected chi connectivity index (χ0v) is 16.5. The first-order valence-electron chi connectivity index (χ1n) is 9.30. The molecule has 1 aliphatic heterocycles. The second-order valence-electron chi connectivity index (χ2n) is 6.73. The van der Waals surface area contributed by atoms with Crippen molar-refractivity contribution in [3.8, 4) is 16.3 Å². The van der Waals surface area contributed by atoms with Crippen LogP contribution in [0.1, 0.15) is 12.8 Å². The Hall–Kier alpha value is -2.93. The van der Waals surface area contributed by atoms with E-state index in [0.717, 1.165) is 53.8 Å². The highest BCUT2D eigenvalue weighted by Crippen LogP contribution is 2.26. The molecule has 0 spiro atoms. The standard InChI is InChI=1S/C21H22N4O2S/c1-27-17-6-4-16(5-7-17)22-21(26)15-10-12-25(13-11-15)20-9-8-18(23-24-20)19-3-2-14-28-19/h2-9,14-15H,10-13H2,1H3,(H,22,26). The van der Waals surface area contributed by atoms with Crippen molar-refractivity contribution in [3.05, 3.63) is 53.9 Å². The topological polar surface area (TPSA) is 67.3 Å². The molecule has 6 nitrogen and oxygen atoms in total. The molecule has 0 radical (unpaired) electrons. The number of rotatable bonds is 5. The van der Waals surface area contributed by atoms with Crippen molar-refractivity contribution in [3.63, 3.8) is 0 Å². The Kier molecular flexibility index (Phi) is 5.53. The molecule has 0 bridgehead atoms. The lowest BCUT2D eigenvalue weighted by atomic mass is 9.96. The Morgan fingerprint density at radius 2 is 1.89 bits per heavy atom. The van der Waals surface area contributed by atoms with E-state index in [2.05, 4.69) is 20.4 Å². The van der Waals surface area contributed by atoms with Crippen LogP contribution in [0.15, 0.2) is 53.9 Å². The van der Waals surface area contributed by atoms with Crippen LogP contribution in [0.2, 0.25) is 0 Å². The number of benzene rings is 1. The number of piperidine rings is 1. The van der Waals surface area contributed by atoms with E-state index in [-0.39, 0.29) is 11.8 Å². The van der Waals surface area contributed by atoms with Crippen molar-refractivity contribution in [2.24, 2.45) is 5.92 Å². The Labute approximate surface area is 168 Å². The number of methoxy groups -OCH3 is 1. The average Bonchev–Trinajstić information content (AvgIpc) is 3.29. The van der Waals surface area contributed by atoms with Crippen LogP contribution in [-0.4, -0.2) is 36.3 Å². The van der Waals surface area contributed by atoms with Gasteiger partial charge >= 0.3 is 0 Å². The Morgan fingerprint density at radius 3 is 2.50 bits per heavy atom. The average molecular weight is 395 g/mol. The molecule has 0 atom stereocenters. The molecule has 4 rings (SSSR count). The van der Waals surface area contributed by atoms with Crippen molar-refractivity contribution in [1.82, 2.24) is 10.2 Å². The molecule has 1 aromatic carbocycles. The van der Waals surface area contributed by atoms with E-state index in [1.807, 2.05) is 53.9 Å². The summed E-state index contributed by atoms with van der Waals surface area (Å²) in [7, 11) is 1.63. The lowest BCUT2D eigenvalue weighted by Crippen LogP contribution is -2.38. The number of ether oxygens (including phenoxy) is 1. The van der Waals surface area contributed by atoms with E-state index in [0.29, 0.717) is 0 Å². The third-order valence-corrected chi connectivity index (χ3v) is 5.86. The maximum atomic E-state index is 12.6. The summed E-state index contributed by atoms with van der Waals surface area (Å²) in [6.45, 7) is 1.60. The van der Waals surface area contributed by atoms with Gasteiger partial charge in [-0.2, -0.15) is 0 Å². The van der Waals surface area contributed by atoms with Crippen molar-refractivity contribution in [1.29, 1.82) is 0 Å². The molecule has 28 heavy (non-hydrogen) atoms. The number of hydrogen-bond acceptors (Lipinski definition) is 6. The highest BCUT2D eigenvalue weighted by Gasteiger charge is 2.26. The van der Waals surface area contributed by atoms with E-state index in [1.54, 1.807) is 18.4 Å². The number of anilines is 2. The van der Waals surface area contributed by atoms with Gasteiger partial charge in [-0.25, -0.2) is 0 Å². The number of hydrogen-bond donors (Lipinski definition) is 1. The second-order valence-corrected chi connectivity index (χ2v) is 7.68. The maximum Gasteiger partial charge on any atom is 0.227 e. The largest absolute Gasteiger partial charge is 0.497 e. The van der Waals surface area contributed by atoms with Crippen LogP contribution < -0.4 is 15.0 Å².